The number of aliphatic imine (C=N–C) groups is 1. The molecule has 1 fully saturated rings. The highest BCUT2D eigenvalue weighted by Crippen LogP contribution is 2.24. The Kier molecular flexibility index (Phi) is 4.55. The lowest BCUT2D eigenvalue weighted by molar-refractivity contribution is 0.229. The van der Waals surface area contributed by atoms with E-state index in [1.807, 2.05) is 13.1 Å². The molecule has 1 aromatic rings. The number of hydrogen-bond donors (Lipinski definition) is 1. The molecule has 0 saturated carbocycles. The van der Waals surface area contributed by atoms with Crippen molar-refractivity contribution < 1.29 is 9.50 Å². The van der Waals surface area contributed by atoms with Crippen molar-refractivity contribution in [1.29, 1.82) is 0 Å². The fourth-order valence-electron chi connectivity index (χ4n) is 3.08. The summed E-state index contributed by atoms with van der Waals surface area (Å²) in [6, 6.07) is 5.58. The van der Waals surface area contributed by atoms with Crippen LogP contribution in [0.3, 0.4) is 0 Å². The van der Waals surface area contributed by atoms with E-state index in [2.05, 4.69) is 20.9 Å². The van der Waals surface area contributed by atoms with Crippen LogP contribution in [-0.4, -0.2) is 48.4 Å². The van der Waals surface area contributed by atoms with Crippen molar-refractivity contribution in [2.45, 2.75) is 26.0 Å². The van der Waals surface area contributed by atoms with Gasteiger partial charge in [-0.05, 0) is 19.4 Å². The Morgan fingerprint density at radius 1 is 1.27 bits per heavy atom. The number of nitrogens with zero attached hydrogens (tertiary/aromatic N) is 3. The van der Waals surface area contributed by atoms with Gasteiger partial charge in [0.05, 0.1) is 12.3 Å². The number of halogens is 1. The Hall–Kier alpha value is -1.72. The predicted octanol–water partition coefficient (Wildman–Crippen LogP) is 2.19. The zero-order chi connectivity index (χ0) is 15.5. The molecule has 5 heteroatoms. The van der Waals surface area contributed by atoms with Crippen molar-refractivity contribution in [3.63, 3.8) is 0 Å². The Bertz CT molecular complexity index is 592. The molecule has 0 bridgehead atoms. The van der Waals surface area contributed by atoms with Gasteiger partial charge in [-0.3, -0.25) is 9.89 Å². The van der Waals surface area contributed by atoms with Crippen LogP contribution in [0.15, 0.2) is 35.0 Å². The first-order valence-corrected chi connectivity index (χ1v) is 7.77. The van der Waals surface area contributed by atoms with Gasteiger partial charge in [0.25, 0.3) is 0 Å². The SMILES string of the molecule is CC1=CCC(N2CCN(c3cccc(CO)c3F)CC2)C=N1. The Morgan fingerprint density at radius 3 is 2.68 bits per heavy atom. The number of anilines is 1. The summed E-state index contributed by atoms with van der Waals surface area (Å²) in [6.07, 6.45) is 5.20. The summed E-state index contributed by atoms with van der Waals surface area (Å²) in [6.45, 7) is 5.13. The molecule has 0 amide bonds. The maximum atomic E-state index is 14.3. The second-order valence-corrected chi connectivity index (χ2v) is 5.86. The number of aliphatic hydroxyl groups is 1. The van der Waals surface area contributed by atoms with Crippen molar-refractivity contribution in [2.75, 3.05) is 31.1 Å². The first kappa shape index (κ1) is 15.2. The number of hydrogen-bond acceptors (Lipinski definition) is 4. The minimum Gasteiger partial charge on any atom is -0.392 e. The lowest BCUT2D eigenvalue weighted by Gasteiger charge is -2.39. The molecule has 0 aliphatic carbocycles. The smallest absolute Gasteiger partial charge is 0.151 e. The molecule has 3 rings (SSSR count). The molecule has 1 atom stereocenters. The third-order valence-corrected chi connectivity index (χ3v) is 4.46. The van der Waals surface area contributed by atoms with Crippen LogP contribution in [0.1, 0.15) is 18.9 Å². The molecule has 118 valence electrons. The van der Waals surface area contributed by atoms with Gasteiger partial charge in [-0.2, -0.15) is 0 Å². The molecule has 2 heterocycles. The molecule has 0 aromatic heterocycles. The quantitative estimate of drug-likeness (QED) is 0.930. The van der Waals surface area contributed by atoms with E-state index in [1.54, 1.807) is 18.2 Å². The summed E-state index contributed by atoms with van der Waals surface area (Å²) in [4.78, 5) is 8.85. The summed E-state index contributed by atoms with van der Waals surface area (Å²) >= 11 is 0. The van der Waals surface area contributed by atoms with Gasteiger partial charge in [-0.1, -0.05) is 18.2 Å². The van der Waals surface area contributed by atoms with Crippen molar-refractivity contribution >= 4 is 11.9 Å². The average molecular weight is 303 g/mol. The number of rotatable bonds is 3. The van der Waals surface area contributed by atoms with Crippen molar-refractivity contribution in [3.8, 4) is 0 Å². The molecule has 2 aliphatic rings. The molecule has 0 radical (unpaired) electrons. The Balaban J connectivity index is 1.64. The fourth-order valence-corrected chi connectivity index (χ4v) is 3.08. The van der Waals surface area contributed by atoms with E-state index in [9.17, 15) is 9.50 Å². The molecule has 1 aromatic carbocycles. The first-order chi connectivity index (χ1) is 10.7. The monoisotopic (exact) mass is 303 g/mol. The summed E-state index contributed by atoms with van der Waals surface area (Å²) in [5.41, 5.74) is 2.04. The largest absolute Gasteiger partial charge is 0.392 e. The van der Waals surface area contributed by atoms with E-state index in [-0.39, 0.29) is 12.4 Å². The second kappa shape index (κ2) is 6.58. The Morgan fingerprint density at radius 2 is 2.05 bits per heavy atom. The molecule has 0 spiro atoms. The highest BCUT2D eigenvalue weighted by Gasteiger charge is 2.25. The van der Waals surface area contributed by atoms with Gasteiger partial charge < -0.3 is 10.0 Å². The summed E-state index contributed by atoms with van der Waals surface area (Å²) < 4.78 is 14.3. The maximum Gasteiger partial charge on any atom is 0.151 e. The zero-order valence-corrected chi connectivity index (χ0v) is 12.9. The molecule has 1 N–H and O–H groups in total. The maximum absolute atomic E-state index is 14.3. The minimum atomic E-state index is -0.295. The molecule has 4 nitrogen and oxygen atoms in total. The third-order valence-electron chi connectivity index (χ3n) is 4.46. The standard InChI is InChI=1S/C17H22FN3O/c1-13-5-6-15(11-19-13)20-7-9-21(10-8-20)16-4-2-3-14(12-22)17(16)18/h2-5,11,15,22H,6-10,12H2,1H3. The molecular formula is C17H22FN3O. The first-order valence-electron chi connectivity index (χ1n) is 7.77. The van der Waals surface area contributed by atoms with Crippen molar-refractivity contribution in [1.82, 2.24) is 4.90 Å². The van der Waals surface area contributed by atoms with E-state index in [1.165, 1.54) is 0 Å². The fraction of sp³-hybridized carbons (Fsp3) is 0.471. The topological polar surface area (TPSA) is 39.1 Å². The highest BCUT2D eigenvalue weighted by atomic mass is 19.1. The van der Waals surface area contributed by atoms with Crippen LogP contribution in [-0.2, 0) is 6.61 Å². The summed E-state index contributed by atoms with van der Waals surface area (Å²) in [5.74, 6) is -0.295. The average Bonchev–Trinajstić information content (AvgIpc) is 2.56. The number of piperazine rings is 1. The van der Waals surface area contributed by atoms with E-state index in [0.29, 0.717) is 17.3 Å². The normalized spacial score (nSPS) is 22.8. The van der Waals surface area contributed by atoms with Crippen molar-refractivity contribution in [2.24, 2.45) is 4.99 Å². The van der Waals surface area contributed by atoms with Gasteiger partial charge in [0.2, 0.25) is 0 Å². The van der Waals surface area contributed by atoms with Crippen LogP contribution in [0.5, 0.6) is 0 Å². The van der Waals surface area contributed by atoms with Crippen LogP contribution in [0, 0.1) is 5.82 Å². The molecular weight excluding hydrogens is 281 g/mol. The van der Waals surface area contributed by atoms with E-state index < -0.39 is 0 Å². The van der Waals surface area contributed by atoms with E-state index >= 15 is 0 Å². The van der Waals surface area contributed by atoms with Gasteiger partial charge in [0.1, 0.15) is 0 Å². The zero-order valence-electron chi connectivity index (χ0n) is 12.9. The molecule has 1 unspecified atom stereocenters. The van der Waals surface area contributed by atoms with Gasteiger partial charge in [0, 0.05) is 49.7 Å². The predicted molar refractivity (Wildman–Crippen MR) is 86.8 cm³/mol. The lowest BCUT2D eigenvalue weighted by atomic mass is 10.1. The second-order valence-electron chi connectivity index (χ2n) is 5.86. The van der Waals surface area contributed by atoms with Crippen LogP contribution < -0.4 is 4.90 Å². The van der Waals surface area contributed by atoms with Gasteiger partial charge >= 0.3 is 0 Å². The number of aliphatic hydroxyl groups excluding tert-OH is 1. The summed E-state index contributed by atoms with van der Waals surface area (Å²) in [5, 5.41) is 9.19. The van der Waals surface area contributed by atoms with Crippen LogP contribution in [0.25, 0.3) is 0 Å². The van der Waals surface area contributed by atoms with Crippen LogP contribution in [0.2, 0.25) is 0 Å². The van der Waals surface area contributed by atoms with E-state index in [4.69, 9.17) is 0 Å². The van der Waals surface area contributed by atoms with Gasteiger partial charge in [-0.15, -0.1) is 0 Å². The Labute approximate surface area is 130 Å². The minimum absolute atomic E-state index is 0.260. The number of allylic oxidation sites excluding steroid dienone is 1. The number of benzene rings is 1. The third kappa shape index (κ3) is 3.05. The lowest BCUT2D eigenvalue weighted by Crippen LogP contribution is -2.51. The van der Waals surface area contributed by atoms with Gasteiger partial charge in [-0.25, -0.2) is 4.39 Å². The van der Waals surface area contributed by atoms with Crippen molar-refractivity contribution in [3.05, 3.63) is 41.4 Å². The molecule has 2 aliphatic heterocycles. The molecule has 22 heavy (non-hydrogen) atoms. The van der Waals surface area contributed by atoms with E-state index in [0.717, 1.165) is 38.3 Å². The molecule has 1 saturated heterocycles. The highest BCUT2D eigenvalue weighted by molar-refractivity contribution is 5.67. The van der Waals surface area contributed by atoms with Gasteiger partial charge in [0.15, 0.2) is 5.82 Å². The van der Waals surface area contributed by atoms with Crippen LogP contribution >= 0.6 is 0 Å². The summed E-state index contributed by atoms with van der Waals surface area (Å²) in [7, 11) is 0. The van der Waals surface area contributed by atoms with Crippen LogP contribution in [0.4, 0.5) is 10.1 Å².